The van der Waals surface area contributed by atoms with Crippen molar-refractivity contribution in [1.29, 1.82) is 10.5 Å². The van der Waals surface area contributed by atoms with Crippen LogP contribution in [0.15, 0.2) is 340 Å². The normalized spacial score (nSPS) is 11.2. The molecule has 0 aliphatic carbocycles. The summed E-state index contributed by atoms with van der Waals surface area (Å²) in [7, 11) is 0. The first kappa shape index (κ1) is 80.5. The molecule has 0 saturated heterocycles. The maximum absolute atomic E-state index is 16.4. The molecule has 0 bridgehead atoms. The lowest BCUT2D eigenvalue weighted by Gasteiger charge is -2.30. The van der Waals surface area contributed by atoms with Crippen LogP contribution in [-0.4, -0.2) is 0 Å². The third-order valence-corrected chi connectivity index (χ3v) is 22.9. The van der Waals surface area contributed by atoms with Gasteiger partial charge in [-0.2, -0.15) is 10.5 Å². The second kappa shape index (κ2) is 32.9. The lowest BCUT2D eigenvalue weighted by atomic mass is 9.91. The van der Waals surface area contributed by atoms with Gasteiger partial charge in [0.15, 0.2) is 11.4 Å². The highest BCUT2D eigenvalue weighted by atomic mass is 19.2. The first-order valence-corrected chi connectivity index (χ1v) is 39.8. The Bertz CT molecular complexity index is 7550. The molecule has 0 atom stereocenters. The Morgan fingerprint density at radius 2 is 0.469 bits per heavy atom. The zero-order chi connectivity index (χ0) is 88.4. The zero-order valence-electron chi connectivity index (χ0n) is 66.4. The SMILES string of the molecule is [C-]#[N+]c1ccc(N(c2cc(-c3ccc(F)cc3)c(F)cc2F)c2ccc3ccc4c(N(c5ccc(C#N)cc5)c5cc(-c6ccc(F)cc6)c(F)cc5F)ccc5ccc2c3c54)cc1.[C-]#[N+]c1ccc(N(c2cc(-c3cccc(F)c3)c(F)cc2F)c2ccc3ccc4c(N(c5ccc(C#N)cc5)c5cc(-c6cccc(F)c6)c(F)cc5F)ccc5ccc2c3c54)cc1. The quantitative estimate of drug-likeness (QED) is 0.0545. The van der Waals surface area contributed by atoms with Crippen molar-refractivity contribution in [2.24, 2.45) is 0 Å². The molecule has 0 aromatic heterocycles. The lowest BCUT2D eigenvalue weighted by molar-refractivity contribution is 0.585. The predicted octanol–water partition coefficient (Wildman–Crippen LogP) is 32.2. The summed E-state index contributed by atoms with van der Waals surface area (Å²) in [6, 6.07) is 90.2. The van der Waals surface area contributed by atoms with Crippen LogP contribution in [0.1, 0.15) is 11.1 Å². The topological polar surface area (TPSA) is 69.3 Å². The average Bonchev–Trinajstić information content (AvgIpc) is 0.720. The van der Waals surface area contributed by atoms with Gasteiger partial charge in [-0.05, 0) is 235 Å². The molecule has 612 valence electrons. The van der Waals surface area contributed by atoms with Crippen LogP contribution in [0.2, 0.25) is 0 Å². The van der Waals surface area contributed by atoms with E-state index in [1.165, 1.54) is 121 Å². The molecule has 0 N–H and O–H groups in total. The molecule has 20 rings (SSSR count). The number of rotatable bonds is 16. The molecular formula is C108H56F12N8. The molecule has 0 unspecified atom stereocenters. The van der Waals surface area contributed by atoms with E-state index in [0.29, 0.717) is 101 Å². The van der Waals surface area contributed by atoms with Gasteiger partial charge in [-0.1, -0.05) is 146 Å². The van der Waals surface area contributed by atoms with Crippen LogP contribution in [0.3, 0.4) is 0 Å². The molecule has 0 radical (unpaired) electrons. The fourth-order valence-corrected chi connectivity index (χ4v) is 17.0. The second-order valence-corrected chi connectivity index (χ2v) is 30.3. The molecular weight excluding hydrogens is 1640 g/mol. The Morgan fingerprint density at radius 1 is 0.219 bits per heavy atom. The third-order valence-electron chi connectivity index (χ3n) is 22.9. The minimum absolute atomic E-state index is 0.0113. The fraction of sp³-hybridized carbons (Fsp3) is 0. The highest BCUT2D eigenvalue weighted by Crippen LogP contribution is 2.53. The highest BCUT2D eigenvalue weighted by molar-refractivity contribution is 6.30. The first-order valence-electron chi connectivity index (χ1n) is 39.8. The molecule has 8 nitrogen and oxygen atoms in total. The molecule has 0 heterocycles. The van der Waals surface area contributed by atoms with Gasteiger partial charge in [0.05, 0.1) is 81.9 Å². The number of nitriles is 2. The molecule has 128 heavy (non-hydrogen) atoms. The van der Waals surface area contributed by atoms with Crippen molar-refractivity contribution in [2.75, 3.05) is 19.6 Å². The standard InChI is InChI=1S/2C54H28F6N4/c1-62-38-16-20-40(21-17-38)64(52-27-44(46(58)29-48(52)60)33-6-14-37(56)15-7-33)50-25-11-35-8-22-41-49(24-10-34-9-23-42(50)54(35)53(34)41)63(39-18-2-31(30-61)3-19-39)51-26-43(45(57)28-47(51)59)32-4-12-36(55)13-5-32;1-62-38-14-18-40(19-15-38)64(52-27-44(46(58)29-48(52)60)35-5-3-7-37(56)25-35)50-23-13-33-10-20-41-49(22-12-32-11-21-42(50)54(33)53(32)41)63(39-16-8-31(30-61)9-17-39)51-26-43(45(57)28-47(51)59)34-4-2-6-36(55)24-34/h2*2-29H. The van der Waals surface area contributed by atoms with E-state index in [2.05, 4.69) is 21.8 Å². The Hall–Kier alpha value is -17.2. The van der Waals surface area contributed by atoms with Gasteiger partial charge >= 0.3 is 0 Å². The van der Waals surface area contributed by atoms with Gasteiger partial charge in [0, 0.05) is 90.8 Å². The van der Waals surface area contributed by atoms with Gasteiger partial charge in [0.1, 0.15) is 69.8 Å². The first-order chi connectivity index (χ1) is 62.2. The van der Waals surface area contributed by atoms with E-state index in [1.54, 1.807) is 117 Å². The van der Waals surface area contributed by atoms with Crippen LogP contribution in [0.25, 0.3) is 119 Å². The number of nitrogens with zero attached hydrogens (tertiary/aromatic N) is 8. The number of hydrogen-bond acceptors (Lipinski definition) is 6. The van der Waals surface area contributed by atoms with Crippen LogP contribution >= 0.6 is 0 Å². The molecule has 20 heteroatoms. The Morgan fingerprint density at radius 3 is 0.719 bits per heavy atom. The van der Waals surface area contributed by atoms with Crippen molar-refractivity contribution in [3.8, 4) is 56.6 Å². The van der Waals surface area contributed by atoms with E-state index >= 15 is 35.1 Å². The monoisotopic (exact) mass is 1690 g/mol. The predicted molar refractivity (Wildman–Crippen MR) is 482 cm³/mol. The van der Waals surface area contributed by atoms with Gasteiger partial charge in [0.25, 0.3) is 0 Å². The molecule has 20 aromatic carbocycles. The second-order valence-electron chi connectivity index (χ2n) is 30.3. The number of benzene rings is 20. The van der Waals surface area contributed by atoms with Crippen LogP contribution in [0, 0.1) is 106 Å². The minimum atomic E-state index is -0.895. The van der Waals surface area contributed by atoms with E-state index in [-0.39, 0.29) is 56.1 Å². The summed E-state index contributed by atoms with van der Waals surface area (Å²) in [4.78, 5) is 13.6. The van der Waals surface area contributed by atoms with Crippen LogP contribution in [0.5, 0.6) is 0 Å². The molecule has 0 aliphatic rings. The van der Waals surface area contributed by atoms with Crippen molar-refractivity contribution < 1.29 is 52.7 Å². The minimum Gasteiger partial charge on any atom is -0.307 e. The van der Waals surface area contributed by atoms with Gasteiger partial charge in [-0.3, -0.25) is 0 Å². The Labute approximate surface area is 723 Å². The van der Waals surface area contributed by atoms with Crippen molar-refractivity contribution in [1.82, 2.24) is 0 Å². The summed E-state index contributed by atoms with van der Waals surface area (Å²) < 4.78 is 185. The number of anilines is 12. The van der Waals surface area contributed by atoms with Crippen LogP contribution in [-0.2, 0) is 0 Å². The van der Waals surface area contributed by atoms with Gasteiger partial charge in [-0.25, -0.2) is 62.4 Å². The maximum Gasteiger partial charge on any atom is 0.187 e. The van der Waals surface area contributed by atoms with Crippen LogP contribution in [0.4, 0.5) is 132 Å². The number of hydrogen-bond donors (Lipinski definition) is 0. The largest absolute Gasteiger partial charge is 0.307 e. The summed E-state index contributed by atoms with van der Waals surface area (Å²) in [5, 5.41) is 28.2. The zero-order valence-corrected chi connectivity index (χ0v) is 66.4. The van der Waals surface area contributed by atoms with E-state index in [4.69, 9.17) is 13.1 Å². The van der Waals surface area contributed by atoms with Crippen molar-refractivity contribution >= 4 is 144 Å². The summed E-state index contributed by atoms with van der Waals surface area (Å²) in [6.07, 6.45) is 0. The van der Waals surface area contributed by atoms with Crippen molar-refractivity contribution in [2.45, 2.75) is 0 Å². The summed E-state index contributed by atoms with van der Waals surface area (Å²) in [5.41, 5.74) is 6.24. The maximum atomic E-state index is 16.4. The van der Waals surface area contributed by atoms with E-state index in [1.807, 2.05) is 97.1 Å². The highest BCUT2D eigenvalue weighted by Gasteiger charge is 2.31. The Kier molecular flexibility index (Phi) is 20.7. The number of halogens is 12. The van der Waals surface area contributed by atoms with Crippen molar-refractivity contribution in [3.63, 3.8) is 0 Å². The molecule has 0 saturated carbocycles. The molecule has 0 spiro atoms. The summed E-state index contributed by atoms with van der Waals surface area (Å²) >= 11 is 0. The smallest absolute Gasteiger partial charge is 0.187 e. The van der Waals surface area contributed by atoms with E-state index < -0.39 is 69.8 Å². The average molecular weight is 1690 g/mol. The van der Waals surface area contributed by atoms with Crippen molar-refractivity contribution in [3.05, 3.63) is 443 Å². The molecule has 0 fully saturated rings. The lowest BCUT2D eigenvalue weighted by Crippen LogP contribution is -2.14. The van der Waals surface area contributed by atoms with Gasteiger partial charge in [-0.15, -0.1) is 0 Å². The Balaban J connectivity index is 0.000000167. The summed E-state index contributed by atoms with van der Waals surface area (Å²) in [5.74, 6) is -9.19. The molecule has 0 amide bonds. The fourth-order valence-electron chi connectivity index (χ4n) is 17.0. The third kappa shape index (κ3) is 14.5. The summed E-state index contributed by atoms with van der Waals surface area (Å²) in [6.45, 7) is 15.1. The van der Waals surface area contributed by atoms with E-state index in [9.17, 15) is 28.1 Å². The van der Waals surface area contributed by atoms with Gasteiger partial charge < -0.3 is 19.6 Å². The van der Waals surface area contributed by atoms with Crippen LogP contribution < -0.4 is 19.6 Å². The molecule has 0 aliphatic heterocycles. The van der Waals surface area contributed by atoms with Gasteiger partial charge in [0.2, 0.25) is 0 Å². The molecule has 20 aromatic rings. The van der Waals surface area contributed by atoms with E-state index in [0.717, 1.165) is 67.4 Å².